The molecule has 0 saturated carbocycles. The van der Waals surface area contributed by atoms with E-state index in [0.717, 1.165) is 0 Å². The number of hydrogen-bond donors (Lipinski definition) is 0. The molecule has 3 rings (SSSR count). The van der Waals surface area contributed by atoms with Gasteiger partial charge >= 0.3 is 0 Å². The van der Waals surface area contributed by atoms with Gasteiger partial charge in [0.1, 0.15) is 0 Å². The lowest BCUT2D eigenvalue weighted by atomic mass is 9.96. The third-order valence-corrected chi connectivity index (χ3v) is 3.33. The fraction of sp³-hybridized carbons (Fsp3) is 0.222. The molecule has 0 unspecified atom stereocenters. The van der Waals surface area contributed by atoms with E-state index >= 15 is 0 Å². The predicted octanol–water partition coefficient (Wildman–Crippen LogP) is 5.64. The van der Waals surface area contributed by atoms with Gasteiger partial charge in [-0.05, 0) is 46.5 Å². The quantitative estimate of drug-likeness (QED) is 0.443. The van der Waals surface area contributed by atoms with Crippen LogP contribution in [0, 0.1) is 13.8 Å². The Morgan fingerprint density at radius 3 is 2.06 bits per heavy atom. The summed E-state index contributed by atoms with van der Waals surface area (Å²) in [5.74, 6) is 0. The van der Waals surface area contributed by atoms with Crippen LogP contribution in [0.4, 0.5) is 0 Å². The number of aryl methyl sites for hydroxylation is 2. The maximum absolute atomic E-state index is 2.23. The number of benzene rings is 3. The number of hydrogen-bond acceptors (Lipinski definition) is 0. The predicted molar refractivity (Wildman–Crippen MR) is 82.3 cm³/mol. The van der Waals surface area contributed by atoms with Crippen molar-refractivity contribution in [2.75, 3.05) is 0 Å². The van der Waals surface area contributed by atoms with Crippen LogP contribution in [0.3, 0.4) is 0 Å². The van der Waals surface area contributed by atoms with Gasteiger partial charge in [0.2, 0.25) is 0 Å². The first-order chi connectivity index (χ1) is 8.77. The number of rotatable bonds is 0. The summed E-state index contributed by atoms with van der Waals surface area (Å²) >= 11 is 0. The van der Waals surface area contributed by atoms with Crippen molar-refractivity contribution >= 4 is 21.5 Å². The second-order valence-electron chi connectivity index (χ2n) is 4.41. The van der Waals surface area contributed by atoms with E-state index in [9.17, 15) is 0 Å². The molecule has 0 aromatic heterocycles. The van der Waals surface area contributed by atoms with Gasteiger partial charge in [-0.2, -0.15) is 0 Å². The molecule has 0 spiro atoms. The maximum Gasteiger partial charge on any atom is -0.00760 e. The van der Waals surface area contributed by atoms with Gasteiger partial charge in [-0.3, -0.25) is 0 Å². The summed E-state index contributed by atoms with van der Waals surface area (Å²) in [5, 5.41) is 5.46. The maximum atomic E-state index is 2.23. The van der Waals surface area contributed by atoms with Crippen molar-refractivity contribution in [3.05, 3.63) is 59.7 Å². The summed E-state index contributed by atoms with van der Waals surface area (Å²) in [6, 6.07) is 17.5. The normalized spacial score (nSPS) is 10.2. The minimum atomic E-state index is 1.33. The molecule has 92 valence electrons. The highest BCUT2D eigenvalue weighted by molar-refractivity contribution is 6.09. The van der Waals surface area contributed by atoms with E-state index < -0.39 is 0 Å². The average molecular weight is 236 g/mol. The molecule has 0 atom stereocenters. The molecule has 0 heteroatoms. The fourth-order valence-corrected chi connectivity index (χ4v) is 2.49. The second kappa shape index (κ2) is 5.22. The van der Waals surface area contributed by atoms with Crippen LogP contribution in [0.2, 0.25) is 0 Å². The molecule has 3 aromatic carbocycles. The van der Waals surface area contributed by atoms with Gasteiger partial charge in [0.05, 0.1) is 0 Å². The highest BCUT2D eigenvalue weighted by Gasteiger charge is 2.03. The Morgan fingerprint density at radius 2 is 1.28 bits per heavy atom. The lowest BCUT2D eigenvalue weighted by molar-refractivity contribution is 1.50. The summed E-state index contributed by atoms with van der Waals surface area (Å²) in [7, 11) is 0. The fourth-order valence-electron chi connectivity index (χ4n) is 2.49. The third-order valence-electron chi connectivity index (χ3n) is 3.33. The summed E-state index contributed by atoms with van der Waals surface area (Å²) in [5.41, 5.74) is 2.70. The zero-order valence-electron chi connectivity index (χ0n) is 11.6. The van der Waals surface area contributed by atoms with Crippen molar-refractivity contribution in [1.29, 1.82) is 0 Å². The van der Waals surface area contributed by atoms with Crippen molar-refractivity contribution in [1.82, 2.24) is 0 Å². The van der Waals surface area contributed by atoms with Gasteiger partial charge in [-0.25, -0.2) is 0 Å². The Kier molecular flexibility index (Phi) is 3.66. The van der Waals surface area contributed by atoms with Crippen molar-refractivity contribution < 1.29 is 0 Å². The van der Waals surface area contributed by atoms with Crippen molar-refractivity contribution in [3.8, 4) is 0 Å². The van der Waals surface area contributed by atoms with Crippen LogP contribution in [-0.4, -0.2) is 0 Å². The molecule has 0 amide bonds. The van der Waals surface area contributed by atoms with E-state index in [4.69, 9.17) is 0 Å². The molecule has 0 bridgehead atoms. The van der Waals surface area contributed by atoms with Crippen LogP contribution in [0.25, 0.3) is 21.5 Å². The first kappa shape index (κ1) is 12.6. The van der Waals surface area contributed by atoms with Gasteiger partial charge in [0.15, 0.2) is 0 Å². The molecule has 0 aliphatic heterocycles. The SMILES string of the molecule is CC.Cc1cccc2c1ccc1cccc(C)c12. The lowest BCUT2D eigenvalue weighted by Crippen LogP contribution is -1.83. The molecule has 0 N–H and O–H groups in total. The van der Waals surface area contributed by atoms with E-state index in [0.29, 0.717) is 0 Å². The lowest BCUT2D eigenvalue weighted by Gasteiger charge is -2.08. The topological polar surface area (TPSA) is 0 Å². The summed E-state index contributed by atoms with van der Waals surface area (Å²) in [4.78, 5) is 0. The summed E-state index contributed by atoms with van der Waals surface area (Å²) in [6.45, 7) is 8.36. The zero-order valence-corrected chi connectivity index (χ0v) is 11.6. The highest BCUT2D eigenvalue weighted by Crippen LogP contribution is 2.29. The molecule has 0 aliphatic carbocycles. The van der Waals surface area contributed by atoms with Gasteiger partial charge < -0.3 is 0 Å². The molecule has 0 radical (unpaired) electrons. The molecule has 0 fully saturated rings. The molecule has 0 nitrogen and oxygen atoms in total. The third kappa shape index (κ3) is 1.99. The number of fused-ring (bicyclic) bond motifs is 3. The Hall–Kier alpha value is -1.82. The Bertz CT molecular complexity index is 678. The average Bonchev–Trinajstić information content (AvgIpc) is 2.41. The van der Waals surface area contributed by atoms with E-state index in [1.54, 1.807) is 0 Å². The summed E-state index contributed by atoms with van der Waals surface area (Å²) < 4.78 is 0. The Labute approximate surface area is 109 Å². The largest absolute Gasteiger partial charge is 0.0683 e. The van der Waals surface area contributed by atoms with Crippen LogP contribution >= 0.6 is 0 Å². The molecule has 0 heterocycles. The first-order valence-corrected chi connectivity index (χ1v) is 6.65. The molecule has 0 saturated heterocycles. The van der Waals surface area contributed by atoms with Crippen LogP contribution in [0.1, 0.15) is 25.0 Å². The first-order valence-electron chi connectivity index (χ1n) is 6.65. The van der Waals surface area contributed by atoms with Crippen LogP contribution in [0.15, 0.2) is 48.5 Å². The smallest absolute Gasteiger partial charge is 0.00760 e. The highest BCUT2D eigenvalue weighted by atomic mass is 14.1. The van der Waals surface area contributed by atoms with Crippen LogP contribution < -0.4 is 0 Å². The molecule has 18 heavy (non-hydrogen) atoms. The molecule has 0 aliphatic rings. The van der Waals surface area contributed by atoms with Crippen molar-refractivity contribution in [3.63, 3.8) is 0 Å². The summed E-state index contributed by atoms with van der Waals surface area (Å²) in [6.07, 6.45) is 0. The van der Waals surface area contributed by atoms with Gasteiger partial charge in [0, 0.05) is 0 Å². The molecular formula is C18H20. The van der Waals surface area contributed by atoms with Gasteiger partial charge in [-0.15, -0.1) is 0 Å². The van der Waals surface area contributed by atoms with Crippen LogP contribution in [0.5, 0.6) is 0 Å². The van der Waals surface area contributed by atoms with Gasteiger partial charge in [0.25, 0.3) is 0 Å². The zero-order chi connectivity index (χ0) is 13.1. The monoisotopic (exact) mass is 236 g/mol. The van der Waals surface area contributed by atoms with Crippen molar-refractivity contribution in [2.24, 2.45) is 0 Å². The van der Waals surface area contributed by atoms with Crippen LogP contribution in [-0.2, 0) is 0 Å². The second-order valence-corrected chi connectivity index (χ2v) is 4.41. The standard InChI is InChI=1S/C16H14.C2H6/c1-11-5-4-8-15-14(11)10-9-13-7-3-6-12(2)16(13)15;1-2/h3-10H,1-2H3;1-2H3. The minimum absolute atomic E-state index is 1.33. The van der Waals surface area contributed by atoms with E-state index in [1.807, 2.05) is 13.8 Å². The van der Waals surface area contributed by atoms with E-state index in [2.05, 4.69) is 62.4 Å². The van der Waals surface area contributed by atoms with E-state index in [1.165, 1.54) is 32.7 Å². The minimum Gasteiger partial charge on any atom is -0.0683 e. The van der Waals surface area contributed by atoms with Crippen molar-refractivity contribution in [2.45, 2.75) is 27.7 Å². The Balaban J connectivity index is 0.000000574. The van der Waals surface area contributed by atoms with E-state index in [-0.39, 0.29) is 0 Å². The Morgan fingerprint density at radius 1 is 0.611 bits per heavy atom. The molecule has 3 aromatic rings. The van der Waals surface area contributed by atoms with Gasteiger partial charge in [-0.1, -0.05) is 62.4 Å². The molecular weight excluding hydrogens is 216 g/mol.